The van der Waals surface area contributed by atoms with Crippen LogP contribution in [0.5, 0.6) is 0 Å². The molecule has 2 aromatic rings. The molecule has 2 aromatic carbocycles. The van der Waals surface area contributed by atoms with Gasteiger partial charge in [0.1, 0.15) is 0 Å². The highest BCUT2D eigenvalue weighted by atomic mass is 16.5. The summed E-state index contributed by atoms with van der Waals surface area (Å²) < 4.78 is 5.23. The number of aliphatic hydroxyl groups excluding tert-OH is 1. The fraction of sp³-hybridized carbons (Fsp3) is 0.294. The molecule has 0 saturated carbocycles. The lowest BCUT2D eigenvalue weighted by atomic mass is 9.80. The summed E-state index contributed by atoms with van der Waals surface area (Å²) in [7, 11) is 0. The molecule has 1 fully saturated rings. The number of ether oxygens (including phenoxy) is 1. The Morgan fingerprint density at radius 1 is 0.895 bits per heavy atom. The second-order valence-corrected chi connectivity index (χ2v) is 5.39. The topological polar surface area (TPSA) is 29.5 Å². The molecule has 1 saturated heterocycles. The summed E-state index contributed by atoms with van der Waals surface area (Å²) in [5, 5.41) is 9.45. The van der Waals surface area contributed by atoms with Gasteiger partial charge in [0.05, 0.1) is 19.8 Å². The third-order valence-electron chi connectivity index (χ3n) is 3.79. The summed E-state index contributed by atoms with van der Waals surface area (Å²) in [6.07, 6.45) is 0.887. The van der Waals surface area contributed by atoms with Crippen LogP contribution in [-0.2, 0) is 11.2 Å². The van der Waals surface area contributed by atoms with E-state index in [4.69, 9.17) is 4.74 Å². The first-order chi connectivity index (χ1) is 9.31. The Labute approximate surface area is 113 Å². The van der Waals surface area contributed by atoms with E-state index in [0.717, 1.165) is 6.42 Å². The largest absolute Gasteiger partial charge is 0.396 e. The zero-order valence-corrected chi connectivity index (χ0v) is 10.9. The van der Waals surface area contributed by atoms with E-state index in [2.05, 4.69) is 48.5 Å². The first-order valence-electron chi connectivity index (χ1n) is 6.64. The maximum Gasteiger partial charge on any atom is 0.0570 e. The first kappa shape index (κ1) is 12.4. The van der Waals surface area contributed by atoms with Gasteiger partial charge in [-0.2, -0.15) is 0 Å². The van der Waals surface area contributed by atoms with E-state index in [-0.39, 0.29) is 12.0 Å². The van der Waals surface area contributed by atoms with Crippen molar-refractivity contribution in [2.24, 2.45) is 5.41 Å². The molecule has 2 nitrogen and oxygen atoms in total. The molecule has 0 aliphatic carbocycles. The van der Waals surface area contributed by atoms with E-state index in [1.54, 1.807) is 0 Å². The van der Waals surface area contributed by atoms with Crippen LogP contribution in [0.25, 0.3) is 11.1 Å². The summed E-state index contributed by atoms with van der Waals surface area (Å²) in [6, 6.07) is 19.0. The fourth-order valence-corrected chi connectivity index (χ4v) is 2.52. The predicted octanol–water partition coefficient (Wildman–Crippen LogP) is 2.91. The highest BCUT2D eigenvalue weighted by Gasteiger charge is 2.37. The van der Waals surface area contributed by atoms with Crippen molar-refractivity contribution < 1.29 is 9.84 Å². The van der Waals surface area contributed by atoms with Gasteiger partial charge in [-0.15, -0.1) is 0 Å². The maximum absolute atomic E-state index is 9.45. The Bertz CT molecular complexity index is 521. The predicted molar refractivity (Wildman–Crippen MR) is 75.9 cm³/mol. The van der Waals surface area contributed by atoms with Crippen molar-refractivity contribution in [3.63, 3.8) is 0 Å². The van der Waals surface area contributed by atoms with Gasteiger partial charge in [0, 0.05) is 5.41 Å². The average Bonchev–Trinajstić information content (AvgIpc) is 2.45. The third-order valence-corrected chi connectivity index (χ3v) is 3.79. The smallest absolute Gasteiger partial charge is 0.0570 e. The molecule has 2 heteroatoms. The molecule has 0 aromatic heterocycles. The minimum absolute atomic E-state index is 0.0474. The second-order valence-electron chi connectivity index (χ2n) is 5.39. The minimum Gasteiger partial charge on any atom is -0.396 e. The Hall–Kier alpha value is -1.64. The summed E-state index contributed by atoms with van der Waals surface area (Å²) in [4.78, 5) is 0. The van der Waals surface area contributed by atoms with Crippen molar-refractivity contribution in [3.05, 3.63) is 60.2 Å². The van der Waals surface area contributed by atoms with Crippen LogP contribution in [-0.4, -0.2) is 24.9 Å². The lowest BCUT2D eigenvalue weighted by Crippen LogP contribution is -2.47. The van der Waals surface area contributed by atoms with Gasteiger partial charge in [-0.1, -0.05) is 54.6 Å². The van der Waals surface area contributed by atoms with Gasteiger partial charge < -0.3 is 9.84 Å². The van der Waals surface area contributed by atoms with Gasteiger partial charge in [-0.05, 0) is 23.1 Å². The van der Waals surface area contributed by atoms with Crippen LogP contribution in [0.2, 0.25) is 0 Å². The minimum atomic E-state index is -0.0474. The number of rotatable bonds is 4. The van der Waals surface area contributed by atoms with Crippen LogP contribution in [0.15, 0.2) is 54.6 Å². The van der Waals surface area contributed by atoms with Gasteiger partial charge in [-0.25, -0.2) is 0 Å². The molecule has 0 radical (unpaired) electrons. The summed E-state index contributed by atoms with van der Waals surface area (Å²) in [6.45, 7) is 1.54. The Kier molecular flexibility index (Phi) is 3.36. The van der Waals surface area contributed by atoms with E-state index in [9.17, 15) is 5.11 Å². The van der Waals surface area contributed by atoms with E-state index < -0.39 is 0 Å². The summed E-state index contributed by atoms with van der Waals surface area (Å²) in [5.74, 6) is 0. The van der Waals surface area contributed by atoms with Gasteiger partial charge in [-0.3, -0.25) is 0 Å². The fourth-order valence-electron chi connectivity index (χ4n) is 2.52. The SMILES string of the molecule is OCC1(Cc2ccc(-c3ccccc3)cc2)COC1. The van der Waals surface area contributed by atoms with Crippen LogP contribution in [0.3, 0.4) is 0 Å². The molecule has 0 unspecified atom stereocenters. The lowest BCUT2D eigenvalue weighted by molar-refractivity contribution is -0.136. The lowest BCUT2D eigenvalue weighted by Gasteiger charge is -2.40. The number of benzene rings is 2. The standard InChI is InChI=1S/C17H18O2/c18-11-17(12-19-13-17)10-14-6-8-16(9-7-14)15-4-2-1-3-5-15/h1-9,18H,10-13H2. The van der Waals surface area contributed by atoms with Gasteiger partial charge in [0.2, 0.25) is 0 Å². The van der Waals surface area contributed by atoms with Gasteiger partial charge >= 0.3 is 0 Å². The molecule has 98 valence electrons. The Morgan fingerprint density at radius 3 is 2.05 bits per heavy atom. The van der Waals surface area contributed by atoms with E-state index in [0.29, 0.717) is 13.2 Å². The van der Waals surface area contributed by atoms with Crippen LogP contribution in [0, 0.1) is 5.41 Å². The van der Waals surface area contributed by atoms with Crippen molar-refractivity contribution in [2.75, 3.05) is 19.8 Å². The van der Waals surface area contributed by atoms with Crippen LogP contribution in [0.4, 0.5) is 0 Å². The molecule has 0 spiro atoms. The quantitative estimate of drug-likeness (QED) is 0.909. The Morgan fingerprint density at radius 2 is 1.53 bits per heavy atom. The zero-order valence-electron chi connectivity index (χ0n) is 10.9. The van der Waals surface area contributed by atoms with Crippen molar-refractivity contribution in [2.45, 2.75) is 6.42 Å². The van der Waals surface area contributed by atoms with Crippen molar-refractivity contribution in [1.82, 2.24) is 0 Å². The molecule has 0 atom stereocenters. The van der Waals surface area contributed by atoms with E-state index in [1.807, 2.05) is 6.07 Å². The zero-order chi connectivity index (χ0) is 13.1. The number of hydrogen-bond acceptors (Lipinski definition) is 2. The van der Waals surface area contributed by atoms with Gasteiger partial charge in [0.15, 0.2) is 0 Å². The normalized spacial score (nSPS) is 16.9. The average molecular weight is 254 g/mol. The molecule has 1 aliphatic rings. The molecule has 19 heavy (non-hydrogen) atoms. The van der Waals surface area contributed by atoms with E-state index >= 15 is 0 Å². The monoisotopic (exact) mass is 254 g/mol. The van der Waals surface area contributed by atoms with Crippen molar-refractivity contribution >= 4 is 0 Å². The molecule has 0 amide bonds. The van der Waals surface area contributed by atoms with Crippen LogP contribution < -0.4 is 0 Å². The number of hydrogen-bond donors (Lipinski definition) is 1. The van der Waals surface area contributed by atoms with Gasteiger partial charge in [0.25, 0.3) is 0 Å². The van der Waals surface area contributed by atoms with Crippen molar-refractivity contribution in [1.29, 1.82) is 0 Å². The second kappa shape index (κ2) is 5.16. The third kappa shape index (κ3) is 2.55. The molecule has 1 N–H and O–H groups in total. The molecule has 3 rings (SSSR count). The molecular formula is C17H18O2. The number of aliphatic hydroxyl groups is 1. The Balaban J connectivity index is 1.76. The summed E-state index contributed by atoms with van der Waals surface area (Å²) in [5.41, 5.74) is 3.68. The summed E-state index contributed by atoms with van der Waals surface area (Å²) >= 11 is 0. The van der Waals surface area contributed by atoms with Crippen molar-refractivity contribution in [3.8, 4) is 11.1 Å². The first-order valence-corrected chi connectivity index (χ1v) is 6.64. The van der Waals surface area contributed by atoms with Crippen LogP contribution >= 0.6 is 0 Å². The molecule has 0 bridgehead atoms. The molecule has 1 heterocycles. The van der Waals surface area contributed by atoms with Crippen LogP contribution in [0.1, 0.15) is 5.56 Å². The maximum atomic E-state index is 9.45. The van der Waals surface area contributed by atoms with E-state index in [1.165, 1.54) is 16.7 Å². The molecular weight excluding hydrogens is 236 g/mol. The highest BCUT2D eigenvalue weighted by Crippen LogP contribution is 2.31. The molecule has 1 aliphatic heterocycles. The highest BCUT2D eigenvalue weighted by molar-refractivity contribution is 5.63.